The fourth-order valence-corrected chi connectivity index (χ4v) is 2.16. The van der Waals surface area contributed by atoms with Crippen LogP contribution in [-0.2, 0) is 6.54 Å². The molecule has 0 unspecified atom stereocenters. The Kier molecular flexibility index (Phi) is 5.95. The molecule has 2 N–H and O–H groups in total. The van der Waals surface area contributed by atoms with Crippen molar-refractivity contribution in [2.75, 3.05) is 11.9 Å². The van der Waals surface area contributed by atoms with Crippen molar-refractivity contribution >= 4 is 11.6 Å². The predicted molar refractivity (Wildman–Crippen MR) is 90.0 cm³/mol. The average Bonchev–Trinajstić information content (AvgIpc) is 2.54. The summed E-state index contributed by atoms with van der Waals surface area (Å²) in [5.74, 6) is -0.102. The van der Waals surface area contributed by atoms with Crippen molar-refractivity contribution in [1.29, 1.82) is 0 Å². The van der Waals surface area contributed by atoms with Gasteiger partial charge in [-0.2, -0.15) is 0 Å². The summed E-state index contributed by atoms with van der Waals surface area (Å²) in [6.45, 7) is 5.61. The highest BCUT2D eigenvalue weighted by molar-refractivity contribution is 5.94. The van der Waals surface area contributed by atoms with E-state index in [2.05, 4.69) is 22.5 Å². The minimum atomic E-state index is -0.102. The summed E-state index contributed by atoms with van der Waals surface area (Å²) in [6, 6.07) is 9.89. The number of nitrogens with one attached hydrogen (secondary N) is 2. The molecule has 1 heterocycles. The van der Waals surface area contributed by atoms with E-state index in [0.717, 1.165) is 30.6 Å². The first-order valence-electron chi connectivity index (χ1n) is 7.72. The SMILES string of the molecule is CCCCNc1cncc(C(=O)NCc2ccccc2C)c1. The van der Waals surface area contributed by atoms with Gasteiger partial charge in [-0.1, -0.05) is 37.6 Å². The van der Waals surface area contributed by atoms with E-state index in [0.29, 0.717) is 12.1 Å². The minimum Gasteiger partial charge on any atom is -0.384 e. The molecule has 0 radical (unpaired) electrons. The second-order valence-corrected chi connectivity index (χ2v) is 5.35. The first-order valence-corrected chi connectivity index (χ1v) is 7.72. The number of carbonyl (C=O) groups excluding carboxylic acids is 1. The van der Waals surface area contributed by atoms with Crippen molar-refractivity contribution in [3.8, 4) is 0 Å². The molecule has 0 fully saturated rings. The predicted octanol–water partition coefficient (Wildman–Crippen LogP) is 3.53. The fourth-order valence-electron chi connectivity index (χ4n) is 2.16. The van der Waals surface area contributed by atoms with Gasteiger partial charge in [0.15, 0.2) is 0 Å². The lowest BCUT2D eigenvalue weighted by molar-refractivity contribution is 0.0950. The maximum absolute atomic E-state index is 12.2. The van der Waals surface area contributed by atoms with Gasteiger partial charge < -0.3 is 10.6 Å². The Bertz CT molecular complexity index is 625. The molecule has 0 atom stereocenters. The van der Waals surface area contributed by atoms with E-state index in [9.17, 15) is 4.79 Å². The van der Waals surface area contributed by atoms with Crippen molar-refractivity contribution in [3.05, 3.63) is 59.4 Å². The number of aromatic nitrogens is 1. The van der Waals surface area contributed by atoms with E-state index in [1.807, 2.05) is 37.3 Å². The molecule has 2 rings (SSSR count). The molecule has 0 saturated heterocycles. The van der Waals surface area contributed by atoms with Gasteiger partial charge in [-0.3, -0.25) is 9.78 Å². The Labute approximate surface area is 132 Å². The molecule has 0 saturated carbocycles. The second kappa shape index (κ2) is 8.17. The third-order valence-corrected chi connectivity index (χ3v) is 3.56. The highest BCUT2D eigenvalue weighted by atomic mass is 16.1. The maximum atomic E-state index is 12.2. The molecular formula is C18H23N3O. The van der Waals surface area contributed by atoms with Gasteiger partial charge in [0.1, 0.15) is 0 Å². The summed E-state index contributed by atoms with van der Waals surface area (Å²) in [4.78, 5) is 16.4. The van der Waals surface area contributed by atoms with E-state index in [1.54, 1.807) is 12.4 Å². The van der Waals surface area contributed by atoms with Crippen LogP contribution < -0.4 is 10.6 Å². The monoisotopic (exact) mass is 297 g/mol. The number of benzene rings is 1. The van der Waals surface area contributed by atoms with Crippen molar-refractivity contribution in [3.63, 3.8) is 0 Å². The topological polar surface area (TPSA) is 54.0 Å². The molecule has 4 heteroatoms. The fraction of sp³-hybridized carbons (Fsp3) is 0.333. The molecule has 0 aliphatic carbocycles. The van der Waals surface area contributed by atoms with E-state index in [1.165, 1.54) is 5.56 Å². The molecule has 0 bridgehead atoms. The smallest absolute Gasteiger partial charge is 0.253 e. The molecule has 0 aliphatic heterocycles. The Morgan fingerprint density at radius 1 is 1.23 bits per heavy atom. The Morgan fingerprint density at radius 2 is 2.05 bits per heavy atom. The first-order chi connectivity index (χ1) is 10.7. The summed E-state index contributed by atoms with van der Waals surface area (Å²) >= 11 is 0. The van der Waals surface area contributed by atoms with Crippen molar-refractivity contribution in [2.45, 2.75) is 33.2 Å². The van der Waals surface area contributed by atoms with Crippen molar-refractivity contribution < 1.29 is 4.79 Å². The van der Waals surface area contributed by atoms with E-state index in [-0.39, 0.29) is 5.91 Å². The van der Waals surface area contributed by atoms with Crippen LogP contribution in [0.2, 0.25) is 0 Å². The molecule has 22 heavy (non-hydrogen) atoms. The molecule has 1 aromatic heterocycles. The highest BCUT2D eigenvalue weighted by Crippen LogP contribution is 2.10. The summed E-state index contributed by atoms with van der Waals surface area (Å²) in [5, 5.41) is 6.23. The summed E-state index contributed by atoms with van der Waals surface area (Å²) in [7, 11) is 0. The largest absolute Gasteiger partial charge is 0.384 e. The van der Waals surface area contributed by atoms with Crippen LogP contribution in [-0.4, -0.2) is 17.4 Å². The van der Waals surface area contributed by atoms with Crippen LogP contribution in [0.3, 0.4) is 0 Å². The lowest BCUT2D eigenvalue weighted by Gasteiger charge is -2.09. The van der Waals surface area contributed by atoms with Gasteiger partial charge in [-0.15, -0.1) is 0 Å². The quantitative estimate of drug-likeness (QED) is 0.769. The zero-order valence-corrected chi connectivity index (χ0v) is 13.2. The maximum Gasteiger partial charge on any atom is 0.253 e. The van der Waals surface area contributed by atoms with Gasteiger partial charge in [0.25, 0.3) is 5.91 Å². The van der Waals surface area contributed by atoms with Crippen LogP contribution in [0.1, 0.15) is 41.3 Å². The number of pyridine rings is 1. The lowest BCUT2D eigenvalue weighted by Crippen LogP contribution is -2.23. The molecule has 1 amide bonds. The summed E-state index contributed by atoms with van der Waals surface area (Å²) < 4.78 is 0. The molecular weight excluding hydrogens is 274 g/mol. The molecule has 4 nitrogen and oxygen atoms in total. The van der Waals surface area contributed by atoms with E-state index in [4.69, 9.17) is 0 Å². The minimum absolute atomic E-state index is 0.102. The number of anilines is 1. The first kappa shape index (κ1) is 16.0. The highest BCUT2D eigenvalue weighted by Gasteiger charge is 2.07. The van der Waals surface area contributed by atoms with Crippen LogP contribution in [0.4, 0.5) is 5.69 Å². The van der Waals surface area contributed by atoms with Gasteiger partial charge in [0, 0.05) is 25.5 Å². The normalized spacial score (nSPS) is 10.3. The van der Waals surface area contributed by atoms with Gasteiger partial charge in [-0.25, -0.2) is 0 Å². The Morgan fingerprint density at radius 3 is 2.82 bits per heavy atom. The number of unbranched alkanes of at least 4 members (excludes halogenated alkanes) is 1. The number of hydrogen-bond donors (Lipinski definition) is 2. The molecule has 116 valence electrons. The van der Waals surface area contributed by atoms with Crippen LogP contribution in [0.25, 0.3) is 0 Å². The van der Waals surface area contributed by atoms with Gasteiger partial charge in [0.2, 0.25) is 0 Å². The zero-order valence-electron chi connectivity index (χ0n) is 13.2. The van der Waals surface area contributed by atoms with Gasteiger partial charge >= 0.3 is 0 Å². The van der Waals surface area contributed by atoms with E-state index < -0.39 is 0 Å². The number of aryl methyl sites for hydroxylation is 1. The van der Waals surface area contributed by atoms with Gasteiger partial charge in [-0.05, 0) is 30.5 Å². The standard InChI is InChI=1S/C18H23N3O/c1-3-4-9-20-17-10-16(11-19-13-17)18(22)21-12-15-8-6-5-7-14(15)2/h5-8,10-11,13,20H,3-4,9,12H2,1-2H3,(H,21,22). The Hall–Kier alpha value is -2.36. The van der Waals surface area contributed by atoms with Crippen LogP contribution >= 0.6 is 0 Å². The van der Waals surface area contributed by atoms with Crippen molar-refractivity contribution in [2.24, 2.45) is 0 Å². The number of nitrogens with zero attached hydrogens (tertiary/aromatic N) is 1. The average molecular weight is 297 g/mol. The van der Waals surface area contributed by atoms with Gasteiger partial charge in [0.05, 0.1) is 11.3 Å². The molecule has 0 spiro atoms. The number of hydrogen-bond acceptors (Lipinski definition) is 3. The lowest BCUT2D eigenvalue weighted by atomic mass is 10.1. The van der Waals surface area contributed by atoms with Crippen LogP contribution in [0, 0.1) is 6.92 Å². The summed E-state index contributed by atoms with van der Waals surface area (Å²) in [5.41, 5.74) is 3.77. The van der Waals surface area contributed by atoms with Crippen LogP contribution in [0.15, 0.2) is 42.7 Å². The molecule has 2 aromatic rings. The third kappa shape index (κ3) is 4.58. The third-order valence-electron chi connectivity index (χ3n) is 3.56. The number of rotatable bonds is 7. The number of amides is 1. The summed E-state index contributed by atoms with van der Waals surface area (Å²) in [6.07, 6.45) is 5.58. The number of carbonyl (C=O) groups is 1. The zero-order chi connectivity index (χ0) is 15.8. The molecule has 1 aromatic carbocycles. The molecule has 0 aliphatic rings. The second-order valence-electron chi connectivity index (χ2n) is 5.35. The Balaban J connectivity index is 1.95. The van der Waals surface area contributed by atoms with Crippen LogP contribution in [0.5, 0.6) is 0 Å². The van der Waals surface area contributed by atoms with Crippen molar-refractivity contribution in [1.82, 2.24) is 10.3 Å². The van der Waals surface area contributed by atoms with E-state index >= 15 is 0 Å².